The van der Waals surface area contributed by atoms with Crippen LogP contribution in [-0.4, -0.2) is 33.6 Å². The molecule has 9 heteroatoms. The van der Waals surface area contributed by atoms with Crippen molar-refractivity contribution in [3.05, 3.63) is 28.0 Å². The lowest BCUT2D eigenvalue weighted by Gasteiger charge is -2.12. The van der Waals surface area contributed by atoms with Gasteiger partial charge in [-0.05, 0) is 25.0 Å². The average molecular weight is 381 g/mol. The third-order valence-electron chi connectivity index (χ3n) is 3.07. The number of primary sulfonamides is 1. The van der Waals surface area contributed by atoms with Gasteiger partial charge in [-0.2, -0.15) is 0 Å². The molecule has 1 saturated heterocycles. The molecule has 0 bridgehead atoms. The summed E-state index contributed by atoms with van der Waals surface area (Å²) in [6, 6.07) is 2.22. The fourth-order valence-corrected chi connectivity index (χ4v) is 3.30. The van der Waals surface area contributed by atoms with Crippen molar-refractivity contribution in [2.24, 2.45) is 5.14 Å². The molecule has 0 saturated carbocycles. The minimum atomic E-state index is -4.25. The number of rotatable bonds is 4. The number of sulfonamides is 1. The standard InChI is InChI=1S/C12H14BrFN2O4S/c13-7-4-9(11(14)10(5-7)21(15,18)19)12(17)16-6-8-2-1-3-20-8/h4-5,8H,1-3,6H2,(H,16,17)(H2,15,18,19). The summed E-state index contributed by atoms with van der Waals surface area (Å²) in [5, 5.41) is 7.46. The van der Waals surface area contributed by atoms with Gasteiger partial charge in [0.1, 0.15) is 4.90 Å². The third kappa shape index (κ3) is 4.00. The molecule has 1 aliphatic heterocycles. The Balaban J connectivity index is 2.22. The molecule has 1 aromatic carbocycles. The SMILES string of the molecule is NS(=O)(=O)c1cc(Br)cc(C(=O)NCC2CCCO2)c1F. The van der Waals surface area contributed by atoms with Gasteiger partial charge in [0, 0.05) is 17.6 Å². The van der Waals surface area contributed by atoms with Crippen molar-refractivity contribution in [2.45, 2.75) is 23.8 Å². The van der Waals surface area contributed by atoms with E-state index in [2.05, 4.69) is 21.2 Å². The van der Waals surface area contributed by atoms with Crippen LogP contribution in [-0.2, 0) is 14.8 Å². The van der Waals surface area contributed by atoms with Gasteiger partial charge in [0.2, 0.25) is 10.0 Å². The first-order chi connectivity index (χ1) is 9.79. The summed E-state index contributed by atoms with van der Waals surface area (Å²) in [4.78, 5) is 11.3. The van der Waals surface area contributed by atoms with E-state index in [4.69, 9.17) is 9.88 Å². The third-order valence-corrected chi connectivity index (χ3v) is 4.44. The van der Waals surface area contributed by atoms with Crippen LogP contribution in [0, 0.1) is 5.82 Å². The summed E-state index contributed by atoms with van der Waals surface area (Å²) in [7, 11) is -4.25. The van der Waals surface area contributed by atoms with Crippen molar-refractivity contribution < 1.29 is 22.3 Å². The summed E-state index contributed by atoms with van der Waals surface area (Å²) < 4.78 is 42.3. The first-order valence-corrected chi connectivity index (χ1v) is 8.54. The molecule has 1 atom stereocenters. The summed E-state index contributed by atoms with van der Waals surface area (Å²) in [6.07, 6.45) is 1.65. The topological polar surface area (TPSA) is 98.5 Å². The molecule has 0 radical (unpaired) electrons. The van der Waals surface area contributed by atoms with E-state index in [9.17, 15) is 17.6 Å². The fourth-order valence-electron chi connectivity index (χ4n) is 2.04. The van der Waals surface area contributed by atoms with Crippen molar-refractivity contribution in [3.8, 4) is 0 Å². The number of carbonyl (C=O) groups is 1. The molecule has 0 aliphatic carbocycles. The maximum absolute atomic E-state index is 14.1. The molecule has 6 nitrogen and oxygen atoms in total. The average Bonchev–Trinajstić information content (AvgIpc) is 2.90. The van der Waals surface area contributed by atoms with E-state index in [1.54, 1.807) is 0 Å². The van der Waals surface area contributed by atoms with Gasteiger partial charge >= 0.3 is 0 Å². The lowest BCUT2D eigenvalue weighted by molar-refractivity contribution is 0.0854. The minimum absolute atomic E-state index is 0.0955. The van der Waals surface area contributed by atoms with Gasteiger partial charge in [0.05, 0.1) is 11.7 Å². The lowest BCUT2D eigenvalue weighted by atomic mass is 10.2. The smallest absolute Gasteiger partial charge is 0.254 e. The van der Waals surface area contributed by atoms with Crippen molar-refractivity contribution in [2.75, 3.05) is 13.2 Å². The van der Waals surface area contributed by atoms with Crippen LogP contribution in [0.5, 0.6) is 0 Å². The van der Waals surface area contributed by atoms with Gasteiger partial charge in [-0.3, -0.25) is 4.79 Å². The molecule has 1 fully saturated rings. The van der Waals surface area contributed by atoms with Gasteiger partial charge in [-0.1, -0.05) is 15.9 Å². The Morgan fingerprint density at radius 3 is 2.81 bits per heavy atom. The number of amides is 1. The van der Waals surface area contributed by atoms with Crippen LogP contribution in [0.4, 0.5) is 4.39 Å². The Labute approximate surface area is 130 Å². The second-order valence-electron chi connectivity index (χ2n) is 4.66. The summed E-state index contributed by atoms with van der Waals surface area (Å²) in [6.45, 7) is 0.886. The van der Waals surface area contributed by atoms with Crippen LogP contribution in [0.25, 0.3) is 0 Å². The Morgan fingerprint density at radius 1 is 1.52 bits per heavy atom. The molecule has 0 aromatic heterocycles. The maximum atomic E-state index is 14.1. The van der Waals surface area contributed by atoms with E-state index < -0.39 is 26.6 Å². The first-order valence-electron chi connectivity index (χ1n) is 6.20. The molecular formula is C12H14BrFN2O4S. The molecule has 1 heterocycles. The number of halogens is 2. The van der Waals surface area contributed by atoms with E-state index >= 15 is 0 Å². The van der Waals surface area contributed by atoms with E-state index in [1.165, 1.54) is 6.07 Å². The highest BCUT2D eigenvalue weighted by Gasteiger charge is 2.23. The number of ether oxygens (including phenoxy) is 1. The molecule has 1 amide bonds. The van der Waals surface area contributed by atoms with Crippen LogP contribution < -0.4 is 10.5 Å². The van der Waals surface area contributed by atoms with E-state index in [-0.39, 0.29) is 22.7 Å². The Hall–Kier alpha value is -1.03. The van der Waals surface area contributed by atoms with Gasteiger partial charge < -0.3 is 10.1 Å². The molecule has 1 aliphatic rings. The monoisotopic (exact) mass is 380 g/mol. The Morgan fingerprint density at radius 2 is 2.24 bits per heavy atom. The highest BCUT2D eigenvalue weighted by atomic mass is 79.9. The highest BCUT2D eigenvalue weighted by molar-refractivity contribution is 9.10. The molecule has 3 N–H and O–H groups in total. The van der Waals surface area contributed by atoms with Crippen LogP contribution in [0.3, 0.4) is 0 Å². The summed E-state index contributed by atoms with van der Waals surface area (Å²) in [5.41, 5.74) is -0.383. The summed E-state index contributed by atoms with van der Waals surface area (Å²) in [5.74, 6) is -1.88. The maximum Gasteiger partial charge on any atom is 0.254 e. The second-order valence-corrected chi connectivity index (χ2v) is 7.10. The molecule has 0 spiro atoms. The number of carbonyl (C=O) groups excluding carboxylic acids is 1. The van der Waals surface area contributed by atoms with Gasteiger partial charge in [0.25, 0.3) is 5.91 Å². The van der Waals surface area contributed by atoms with Crippen LogP contribution >= 0.6 is 15.9 Å². The number of benzene rings is 1. The predicted octanol–water partition coefficient (Wildman–Crippen LogP) is 1.14. The number of hydrogen-bond donors (Lipinski definition) is 2. The predicted molar refractivity (Wildman–Crippen MR) is 76.8 cm³/mol. The zero-order chi connectivity index (χ0) is 15.6. The van der Waals surface area contributed by atoms with Crippen LogP contribution in [0.1, 0.15) is 23.2 Å². The van der Waals surface area contributed by atoms with Gasteiger partial charge in [-0.25, -0.2) is 17.9 Å². The minimum Gasteiger partial charge on any atom is -0.376 e. The molecular weight excluding hydrogens is 367 g/mol. The number of hydrogen-bond acceptors (Lipinski definition) is 4. The van der Waals surface area contributed by atoms with Crippen molar-refractivity contribution in [1.29, 1.82) is 0 Å². The quantitative estimate of drug-likeness (QED) is 0.817. The van der Waals surface area contributed by atoms with Gasteiger partial charge in [-0.15, -0.1) is 0 Å². The normalized spacial score (nSPS) is 18.7. The first kappa shape index (κ1) is 16.3. The number of nitrogens with one attached hydrogen (secondary N) is 1. The second kappa shape index (κ2) is 6.39. The largest absolute Gasteiger partial charge is 0.376 e. The van der Waals surface area contributed by atoms with Crippen LogP contribution in [0.2, 0.25) is 0 Å². The van der Waals surface area contributed by atoms with Gasteiger partial charge in [0.15, 0.2) is 5.82 Å². The molecule has 1 unspecified atom stereocenters. The van der Waals surface area contributed by atoms with E-state index in [1.807, 2.05) is 0 Å². The van der Waals surface area contributed by atoms with E-state index in [0.717, 1.165) is 18.9 Å². The zero-order valence-electron chi connectivity index (χ0n) is 10.9. The molecule has 21 heavy (non-hydrogen) atoms. The summed E-state index contributed by atoms with van der Waals surface area (Å²) >= 11 is 3.03. The molecule has 116 valence electrons. The lowest BCUT2D eigenvalue weighted by Crippen LogP contribution is -2.32. The molecule has 2 rings (SSSR count). The highest BCUT2D eigenvalue weighted by Crippen LogP contribution is 2.23. The fraction of sp³-hybridized carbons (Fsp3) is 0.417. The Bertz CT molecular complexity index is 659. The zero-order valence-corrected chi connectivity index (χ0v) is 13.3. The molecule has 1 aromatic rings. The van der Waals surface area contributed by atoms with Crippen LogP contribution in [0.15, 0.2) is 21.5 Å². The van der Waals surface area contributed by atoms with Crippen molar-refractivity contribution >= 4 is 31.9 Å². The Kier molecular flexibility index (Phi) is 4.97. The van der Waals surface area contributed by atoms with Crippen molar-refractivity contribution in [3.63, 3.8) is 0 Å². The van der Waals surface area contributed by atoms with Crippen molar-refractivity contribution in [1.82, 2.24) is 5.32 Å². The number of nitrogens with two attached hydrogens (primary N) is 1. The van der Waals surface area contributed by atoms with E-state index in [0.29, 0.717) is 6.61 Å².